The highest BCUT2D eigenvalue weighted by Crippen LogP contribution is 2.03. The summed E-state index contributed by atoms with van der Waals surface area (Å²) in [6, 6.07) is 2.03. The largest absolute Gasteiger partial charge is 0.382 e. The molecule has 4 heteroatoms. The Morgan fingerprint density at radius 3 is 2.94 bits per heavy atom. The summed E-state index contributed by atoms with van der Waals surface area (Å²) in [6.07, 6.45) is 4.75. The van der Waals surface area contributed by atoms with E-state index in [4.69, 9.17) is 9.47 Å². The molecule has 0 aliphatic rings. The third-order valence-electron chi connectivity index (χ3n) is 2.54. The number of hydrogen-bond acceptors (Lipinski definition) is 4. The Balaban J connectivity index is 1.99. The topological polar surface area (TPSA) is 43.4 Å². The van der Waals surface area contributed by atoms with E-state index in [1.165, 1.54) is 11.1 Å². The maximum Gasteiger partial charge on any atom is 0.0700 e. The Morgan fingerprint density at radius 1 is 1.29 bits per heavy atom. The predicted molar refractivity (Wildman–Crippen MR) is 68.0 cm³/mol. The predicted octanol–water partition coefficient (Wildman–Crippen LogP) is 1.53. The lowest BCUT2D eigenvalue weighted by atomic mass is 10.1. The molecule has 0 aliphatic heterocycles. The van der Waals surface area contributed by atoms with Gasteiger partial charge in [0.2, 0.25) is 0 Å². The Kier molecular flexibility index (Phi) is 7.54. The SMILES string of the molecule is COCCOCCCNCc1cnccc1C. The number of ether oxygens (including phenoxy) is 2. The number of rotatable bonds is 9. The van der Waals surface area contributed by atoms with Crippen molar-refractivity contribution in [3.63, 3.8) is 0 Å². The number of aromatic nitrogens is 1. The maximum absolute atomic E-state index is 5.37. The van der Waals surface area contributed by atoms with Gasteiger partial charge in [0.15, 0.2) is 0 Å². The van der Waals surface area contributed by atoms with E-state index in [2.05, 4.69) is 17.2 Å². The molecule has 1 aromatic rings. The van der Waals surface area contributed by atoms with Crippen molar-refractivity contribution < 1.29 is 9.47 Å². The summed E-state index contributed by atoms with van der Waals surface area (Å²) < 4.78 is 10.3. The first-order chi connectivity index (χ1) is 8.34. The van der Waals surface area contributed by atoms with E-state index in [0.29, 0.717) is 13.2 Å². The fourth-order valence-electron chi connectivity index (χ4n) is 1.45. The van der Waals surface area contributed by atoms with Crippen LogP contribution in [0.5, 0.6) is 0 Å². The van der Waals surface area contributed by atoms with Gasteiger partial charge < -0.3 is 14.8 Å². The van der Waals surface area contributed by atoms with Gasteiger partial charge in [-0.25, -0.2) is 0 Å². The van der Waals surface area contributed by atoms with Crippen molar-refractivity contribution in [2.24, 2.45) is 0 Å². The van der Waals surface area contributed by atoms with Crippen LogP contribution in [0.3, 0.4) is 0 Å². The van der Waals surface area contributed by atoms with Crippen molar-refractivity contribution in [3.8, 4) is 0 Å². The van der Waals surface area contributed by atoms with Crippen LogP contribution in [0.2, 0.25) is 0 Å². The van der Waals surface area contributed by atoms with Crippen LogP contribution in [-0.4, -0.2) is 38.5 Å². The van der Waals surface area contributed by atoms with Gasteiger partial charge in [-0.1, -0.05) is 0 Å². The van der Waals surface area contributed by atoms with Gasteiger partial charge >= 0.3 is 0 Å². The van der Waals surface area contributed by atoms with Gasteiger partial charge in [-0.3, -0.25) is 4.98 Å². The molecule has 0 radical (unpaired) electrons. The van der Waals surface area contributed by atoms with Gasteiger partial charge in [0.05, 0.1) is 13.2 Å². The summed E-state index contributed by atoms with van der Waals surface area (Å²) in [6.45, 7) is 6.06. The molecular formula is C13H22N2O2. The molecule has 1 heterocycles. The zero-order valence-electron chi connectivity index (χ0n) is 10.7. The van der Waals surface area contributed by atoms with Crippen LogP contribution in [-0.2, 0) is 16.0 Å². The zero-order valence-corrected chi connectivity index (χ0v) is 10.7. The molecule has 0 aliphatic carbocycles. The third kappa shape index (κ3) is 6.36. The molecule has 0 aromatic carbocycles. The minimum Gasteiger partial charge on any atom is -0.382 e. The number of pyridine rings is 1. The first kappa shape index (κ1) is 14.1. The second kappa shape index (κ2) is 9.10. The van der Waals surface area contributed by atoms with Crippen LogP contribution in [0.25, 0.3) is 0 Å². The fraction of sp³-hybridized carbons (Fsp3) is 0.615. The number of hydrogen-bond donors (Lipinski definition) is 1. The van der Waals surface area contributed by atoms with Crippen molar-refractivity contribution in [2.75, 3.05) is 33.5 Å². The van der Waals surface area contributed by atoms with Crippen LogP contribution in [0.4, 0.5) is 0 Å². The molecular weight excluding hydrogens is 216 g/mol. The lowest BCUT2D eigenvalue weighted by Gasteiger charge is -2.07. The standard InChI is InChI=1S/C13H22N2O2/c1-12-4-6-15-11-13(12)10-14-5-3-7-17-9-8-16-2/h4,6,11,14H,3,5,7-10H2,1-2H3. The molecule has 1 aromatic heterocycles. The number of nitrogens with one attached hydrogen (secondary N) is 1. The van der Waals surface area contributed by atoms with Gasteiger partial charge in [0, 0.05) is 32.7 Å². The number of nitrogens with zero attached hydrogens (tertiary/aromatic N) is 1. The third-order valence-corrected chi connectivity index (χ3v) is 2.54. The molecule has 17 heavy (non-hydrogen) atoms. The molecule has 96 valence electrons. The quantitative estimate of drug-likeness (QED) is 0.663. The normalized spacial score (nSPS) is 10.7. The average molecular weight is 238 g/mol. The van der Waals surface area contributed by atoms with Crippen molar-refractivity contribution >= 4 is 0 Å². The summed E-state index contributed by atoms with van der Waals surface area (Å²) in [7, 11) is 1.68. The summed E-state index contributed by atoms with van der Waals surface area (Å²) in [5.41, 5.74) is 2.54. The Labute approximate surface area is 103 Å². The molecule has 0 saturated carbocycles. The summed E-state index contributed by atoms with van der Waals surface area (Å²) in [5.74, 6) is 0. The molecule has 0 unspecified atom stereocenters. The number of methoxy groups -OCH3 is 1. The molecule has 0 saturated heterocycles. The van der Waals surface area contributed by atoms with Crippen molar-refractivity contribution in [3.05, 3.63) is 29.6 Å². The van der Waals surface area contributed by atoms with Gasteiger partial charge in [-0.05, 0) is 37.1 Å². The van der Waals surface area contributed by atoms with Crippen molar-refractivity contribution in [2.45, 2.75) is 19.9 Å². The van der Waals surface area contributed by atoms with Crippen LogP contribution < -0.4 is 5.32 Å². The monoisotopic (exact) mass is 238 g/mol. The molecule has 1 rings (SSSR count). The first-order valence-corrected chi connectivity index (χ1v) is 6.01. The van der Waals surface area contributed by atoms with Crippen LogP contribution in [0.1, 0.15) is 17.5 Å². The van der Waals surface area contributed by atoms with Gasteiger partial charge in [0.1, 0.15) is 0 Å². The van der Waals surface area contributed by atoms with Gasteiger partial charge in [0.25, 0.3) is 0 Å². The average Bonchev–Trinajstić information content (AvgIpc) is 2.35. The lowest BCUT2D eigenvalue weighted by Crippen LogP contribution is -2.17. The molecule has 0 fully saturated rings. The second-order valence-corrected chi connectivity index (χ2v) is 3.94. The van der Waals surface area contributed by atoms with Crippen molar-refractivity contribution in [1.29, 1.82) is 0 Å². The van der Waals surface area contributed by atoms with Crippen LogP contribution in [0, 0.1) is 6.92 Å². The van der Waals surface area contributed by atoms with Crippen LogP contribution >= 0.6 is 0 Å². The summed E-state index contributed by atoms with van der Waals surface area (Å²) >= 11 is 0. The highest BCUT2D eigenvalue weighted by Gasteiger charge is 1.96. The van der Waals surface area contributed by atoms with E-state index >= 15 is 0 Å². The minimum atomic E-state index is 0.669. The first-order valence-electron chi connectivity index (χ1n) is 6.01. The van der Waals surface area contributed by atoms with E-state index in [1.54, 1.807) is 7.11 Å². The smallest absolute Gasteiger partial charge is 0.0700 e. The van der Waals surface area contributed by atoms with E-state index in [-0.39, 0.29) is 0 Å². The highest BCUT2D eigenvalue weighted by atomic mass is 16.5. The van der Waals surface area contributed by atoms with Crippen LogP contribution in [0.15, 0.2) is 18.5 Å². The molecule has 0 bridgehead atoms. The molecule has 1 N–H and O–H groups in total. The summed E-state index contributed by atoms with van der Waals surface area (Å²) in [5, 5.41) is 3.38. The Morgan fingerprint density at radius 2 is 2.18 bits per heavy atom. The van der Waals surface area contributed by atoms with E-state index in [9.17, 15) is 0 Å². The molecule has 0 amide bonds. The Hall–Kier alpha value is -0.970. The lowest BCUT2D eigenvalue weighted by molar-refractivity contribution is 0.0695. The zero-order chi connectivity index (χ0) is 12.3. The van der Waals surface area contributed by atoms with E-state index < -0.39 is 0 Å². The Bertz CT molecular complexity index is 305. The summed E-state index contributed by atoms with van der Waals surface area (Å²) in [4.78, 5) is 4.12. The number of aryl methyl sites for hydroxylation is 1. The van der Waals surface area contributed by atoms with E-state index in [1.807, 2.05) is 18.5 Å². The maximum atomic E-state index is 5.37. The van der Waals surface area contributed by atoms with Gasteiger partial charge in [-0.15, -0.1) is 0 Å². The molecule has 0 atom stereocenters. The molecule has 4 nitrogen and oxygen atoms in total. The van der Waals surface area contributed by atoms with Gasteiger partial charge in [-0.2, -0.15) is 0 Å². The van der Waals surface area contributed by atoms with E-state index in [0.717, 1.165) is 26.1 Å². The van der Waals surface area contributed by atoms with Crippen molar-refractivity contribution in [1.82, 2.24) is 10.3 Å². The fourth-order valence-corrected chi connectivity index (χ4v) is 1.45. The molecule has 0 spiro atoms. The second-order valence-electron chi connectivity index (χ2n) is 3.94. The highest BCUT2D eigenvalue weighted by molar-refractivity contribution is 5.20. The minimum absolute atomic E-state index is 0.669.